The predicted molar refractivity (Wildman–Crippen MR) is 90.3 cm³/mol. The van der Waals surface area contributed by atoms with Crippen LogP contribution in [0.5, 0.6) is 5.75 Å². The van der Waals surface area contributed by atoms with Crippen LogP contribution in [0, 0.1) is 0 Å². The predicted octanol–water partition coefficient (Wildman–Crippen LogP) is 1.07. The Morgan fingerprint density at radius 2 is 1.75 bits per heavy atom. The molecule has 0 aliphatic heterocycles. The molecule has 3 N–H and O–H groups in total. The molecule has 0 aliphatic carbocycles. The Bertz CT molecular complexity index is 777. The van der Waals surface area contributed by atoms with Crippen LogP contribution in [-0.4, -0.2) is 59.4 Å². The van der Waals surface area contributed by atoms with Crippen molar-refractivity contribution in [3.63, 3.8) is 0 Å². The Hall–Kier alpha value is -1.71. The maximum absolute atomic E-state index is 11.2. The third-order valence-electron chi connectivity index (χ3n) is 3.37. The first-order valence-electron chi connectivity index (χ1n) is 7.46. The maximum atomic E-state index is 11.2. The second-order valence-electron chi connectivity index (χ2n) is 5.62. The quantitative estimate of drug-likeness (QED) is 0.611. The Morgan fingerprint density at radius 1 is 1.08 bits per heavy atom. The lowest BCUT2D eigenvalue weighted by Crippen LogP contribution is -2.42. The molecule has 24 heavy (non-hydrogen) atoms. The summed E-state index contributed by atoms with van der Waals surface area (Å²) in [7, 11) is -4.51. The van der Waals surface area contributed by atoms with Gasteiger partial charge in [-0.1, -0.05) is 30.3 Å². The summed E-state index contributed by atoms with van der Waals surface area (Å²) in [6, 6.07) is 13.2. The Labute approximate surface area is 141 Å². The number of fused-ring (bicyclic) bond motifs is 1. The van der Waals surface area contributed by atoms with Crippen molar-refractivity contribution in [2.24, 2.45) is 0 Å². The highest BCUT2D eigenvalue weighted by Gasteiger charge is 2.24. The van der Waals surface area contributed by atoms with Crippen LogP contribution >= 0.6 is 0 Å². The van der Waals surface area contributed by atoms with Crippen LogP contribution in [0.2, 0.25) is 0 Å². The molecule has 0 saturated heterocycles. The van der Waals surface area contributed by atoms with E-state index in [1.54, 1.807) is 6.07 Å². The van der Waals surface area contributed by atoms with Gasteiger partial charge < -0.3 is 14.9 Å². The van der Waals surface area contributed by atoms with Gasteiger partial charge in [-0.15, -0.1) is 0 Å². The topological polar surface area (TPSA) is 107 Å². The molecular formula is C16H21NO6S. The Balaban J connectivity index is 1.96. The van der Waals surface area contributed by atoms with E-state index in [4.69, 9.17) is 9.29 Å². The van der Waals surface area contributed by atoms with E-state index in [0.29, 0.717) is 10.1 Å². The van der Waals surface area contributed by atoms with Crippen molar-refractivity contribution in [1.29, 1.82) is 0 Å². The molecule has 0 bridgehead atoms. The third kappa shape index (κ3) is 5.43. The van der Waals surface area contributed by atoms with Crippen LogP contribution in [0.1, 0.15) is 6.92 Å². The van der Waals surface area contributed by atoms with E-state index in [1.807, 2.05) is 36.4 Å². The molecule has 2 aromatic rings. The second-order valence-corrected chi connectivity index (χ2v) is 7.03. The zero-order chi connectivity index (χ0) is 17.7. The van der Waals surface area contributed by atoms with Crippen molar-refractivity contribution in [1.82, 2.24) is 4.31 Å². The number of nitrogens with zero attached hydrogens (tertiary/aromatic N) is 1. The van der Waals surface area contributed by atoms with Crippen molar-refractivity contribution in [2.45, 2.75) is 19.1 Å². The highest BCUT2D eigenvalue weighted by molar-refractivity contribution is 7.83. The molecule has 0 spiro atoms. The molecule has 0 fully saturated rings. The van der Waals surface area contributed by atoms with E-state index in [9.17, 15) is 18.6 Å². The molecule has 132 valence electrons. The van der Waals surface area contributed by atoms with Crippen molar-refractivity contribution in [2.75, 3.05) is 19.7 Å². The minimum Gasteiger partial charge on any atom is -0.491 e. The highest BCUT2D eigenvalue weighted by Crippen LogP contribution is 2.20. The number of rotatable bonds is 8. The van der Waals surface area contributed by atoms with Gasteiger partial charge in [-0.3, -0.25) is 4.55 Å². The van der Waals surface area contributed by atoms with Crippen molar-refractivity contribution in [3.05, 3.63) is 42.5 Å². The first-order chi connectivity index (χ1) is 11.3. The van der Waals surface area contributed by atoms with Crippen LogP contribution in [0.4, 0.5) is 0 Å². The molecule has 8 heteroatoms. The molecule has 2 rings (SSSR count). The zero-order valence-corrected chi connectivity index (χ0v) is 14.1. The summed E-state index contributed by atoms with van der Waals surface area (Å²) >= 11 is 0. The van der Waals surface area contributed by atoms with Gasteiger partial charge in [-0.05, 0) is 29.8 Å². The van der Waals surface area contributed by atoms with E-state index in [-0.39, 0.29) is 19.7 Å². The molecular weight excluding hydrogens is 334 g/mol. The van der Waals surface area contributed by atoms with Gasteiger partial charge in [0.15, 0.2) is 0 Å². The smallest absolute Gasteiger partial charge is 0.336 e. The summed E-state index contributed by atoms with van der Waals surface area (Å²) in [6.45, 7) is 0.545. The number of benzene rings is 2. The Morgan fingerprint density at radius 3 is 2.38 bits per heavy atom. The summed E-state index contributed by atoms with van der Waals surface area (Å²) < 4.78 is 37.7. The zero-order valence-electron chi connectivity index (χ0n) is 13.2. The fourth-order valence-electron chi connectivity index (χ4n) is 2.29. The molecule has 0 amide bonds. The van der Waals surface area contributed by atoms with Gasteiger partial charge in [0.05, 0.1) is 6.10 Å². The van der Waals surface area contributed by atoms with Crippen LogP contribution in [0.15, 0.2) is 42.5 Å². The van der Waals surface area contributed by atoms with E-state index in [1.165, 1.54) is 6.92 Å². The van der Waals surface area contributed by atoms with Crippen molar-refractivity contribution >= 4 is 21.1 Å². The SMILES string of the molecule is C[C@@H](O)CN(C[C@@H](O)COc1ccc2ccccc2c1)S(=O)(=O)O. The standard InChI is InChI=1S/C16H21NO6S/c1-12(18)9-17(24(20,21)22)10-15(19)11-23-16-7-6-13-4-2-3-5-14(13)8-16/h2-8,12,15,18-19H,9-11H2,1H3,(H,20,21,22)/t12-,15-/m1/s1. The summed E-state index contributed by atoms with van der Waals surface area (Å²) in [4.78, 5) is 0. The lowest BCUT2D eigenvalue weighted by atomic mass is 10.1. The van der Waals surface area contributed by atoms with Gasteiger partial charge in [0.25, 0.3) is 0 Å². The van der Waals surface area contributed by atoms with Gasteiger partial charge >= 0.3 is 10.3 Å². The molecule has 0 saturated carbocycles. The van der Waals surface area contributed by atoms with Crippen LogP contribution in [0.25, 0.3) is 10.8 Å². The largest absolute Gasteiger partial charge is 0.491 e. The summed E-state index contributed by atoms with van der Waals surface area (Å²) in [5.41, 5.74) is 0. The summed E-state index contributed by atoms with van der Waals surface area (Å²) in [6.07, 6.45) is -2.13. The van der Waals surface area contributed by atoms with E-state index >= 15 is 0 Å². The normalized spacial score (nSPS) is 14.7. The first kappa shape index (κ1) is 18.6. The van der Waals surface area contributed by atoms with Crippen molar-refractivity contribution in [3.8, 4) is 5.75 Å². The maximum Gasteiger partial charge on any atom is 0.336 e. The number of hydrogen-bond acceptors (Lipinski definition) is 5. The molecule has 0 heterocycles. The Kier molecular flexibility index (Phi) is 6.14. The lowest BCUT2D eigenvalue weighted by molar-refractivity contribution is 0.0745. The van der Waals surface area contributed by atoms with Crippen molar-refractivity contribution < 1.29 is 27.9 Å². The average molecular weight is 355 g/mol. The fraction of sp³-hybridized carbons (Fsp3) is 0.375. The van der Waals surface area contributed by atoms with Crippen LogP contribution in [0.3, 0.4) is 0 Å². The van der Waals surface area contributed by atoms with E-state index < -0.39 is 22.5 Å². The lowest BCUT2D eigenvalue weighted by Gasteiger charge is -2.23. The molecule has 2 aromatic carbocycles. The highest BCUT2D eigenvalue weighted by atomic mass is 32.2. The number of hydrogen-bond donors (Lipinski definition) is 3. The van der Waals surface area contributed by atoms with Gasteiger partial charge in [0.2, 0.25) is 0 Å². The summed E-state index contributed by atoms with van der Waals surface area (Å²) in [5, 5.41) is 21.3. The average Bonchev–Trinajstić information content (AvgIpc) is 2.51. The second kappa shape index (κ2) is 7.91. The van der Waals surface area contributed by atoms with Gasteiger partial charge in [-0.25, -0.2) is 0 Å². The number of aliphatic hydroxyl groups excluding tert-OH is 2. The minimum atomic E-state index is -4.51. The fourth-order valence-corrected chi connectivity index (χ4v) is 3.06. The van der Waals surface area contributed by atoms with Gasteiger partial charge in [0.1, 0.15) is 18.5 Å². The molecule has 2 atom stereocenters. The monoisotopic (exact) mass is 355 g/mol. The number of ether oxygens (including phenoxy) is 1. The van der Waals surface area contributed by atoms with E-state index in [0.717, 1.165) is 10.8 Å². The first-order valence-corrected chi connectivity index (χ1v) is 8.85. The molecule has 0 aromatic heterocycles. The van der Waals surface area contributed by atoms with E-state index in [2.05, 4.69) is 0 Å². The molecule has 0 aliphatic rings. The minimum absolute atomic E-state index is 0.149. The molecule has 7 nitrogen and oxygen atoms in total. The third-order valence-corrected chi connectivity index (χ3v) is 4.32. The van der Waals surface area contributed by atoms with Gasteiger partial charge in [-0.2, -0.15) is 12.7 Å². The van der Waals surface area contributed by atoms with Crippen LogP contribution < -0.4 is 4.74 Å². The number of aliphatic hydroxyl groups is 2. The molecule has 0 unspecified atom stereocenters. The van der Waals surface area contributed by atoms with Crippen LogP contribution in [-0.2, 0) is 10.3 Å². The molecule has 0 radical (unpaired) electrons. The van der Waals surface area contributed by atoms with Gasteiger partial charge in [0, 0.05) is 13.1 Å². The summed E-state index contributed by atoms with van der Waals surface area (Å²) in [5.74, 6) is 0.543.